The molecular formula is C22H34N4O2. The lowest BCUT2D eigenvalue weighted by atomic mass is 9.93. The molecule has 0 spiro atoms. The Morgan fingerprint density at radius 3 is 2.93 bits per heavy atom. The summed E-state index contributed by atoms with van der Waals surface area (Å²) in [5.41, 5.74) is 2.30. The van der Waals surface area contributed by atoms with E-state index >= 15 is 0 Å². The second-order valence-electron chi connectivity index (χ2n) is 8.35. The molecule has 1 unspecified atom stereocenters. The highest BCUT2D eigenvalue weighted by Crippen LogP contribution is 2.30. The lowest BCUT2D eigenvalue weighted by Gasteiger charge is -2.28. The molecule has 1 aromatic heterocycles. The van der Waals surface area contributed by atoms with Gasteiger partial charge in [-0.1, -0.05) is 19.4 Å². The summed E-state index contributed by atoms with van der Waals surface area (Å²) >= 11 is 0. The zero-order valence-electron chi connectivity index (χ0n) is 17.7. The van der Waals surface area contributed by atoms with Crippen LogP contribution in [0.2, 0.25) is 0 Å². The maximum atomic E-state index is 10.9. The van der Waals surface area contributed by atoms with Gasteiger partial charge in [0.1, 0.15) is 18.2 Å². The number of hydrogen-bond donors (Lipinski definition) is 2. The van der Waals surface area contributed by atoms with Gasteiger partial charge in [0.25, 0.3) is 0 Å². The number of H-pyrrole nitrogens is 1. The van der Waals surface area contributed by atoms with Crippen molar-refractivity contribution in [1.82, 2.24) is 19.8 Å². The first-order chi connectivity index (χ1) is 13.4. The summed E-state index contributed by atoms with van der Waals surface area (Å²) in [6.45, 7) is 7.78. The summed E-state index contributed by atoms with van der Waals surface area (Å²) in [6.07, 6.45) is 5.30. The second kappa shape index (κ2) is 9.07. The number of likely N-dealkylation sites (N-methyl/N-ethyl adjacent to an activating group) is 1. The lowest BCUT2D eigenvalue weighted by molar-refractivity contribution is 0.0299. The van der Waals surface area contributed by atoms with E-state index in [0.29, 0.717) is 13.2 Å². The molecular weight excluding hydrogens is 352 g/mol. The molecule has 1 aromatic carbocycles. The number of rotatable bonds is 8. The molecule has 28 heavy (non-hydrogen) atoms. The highest BCUT2D eigenvalue weighted by atomic mass is 16.5. The molecule has 0 aliphatic carbocycles. The number of aryl methyl sites for hydroxylation is 1. The molecule has 1 aliphatic heterocycles. The SMILES string of the molecule is CCCCc1ncc(CN2CCOc3ccc(C(C)(O)CN(C)C)cc3C2)[nH]1. The van der Waals surface area contributed by atoms with Crippen molar-refractivity contribution < 1.29 is 9.84 Å². The van der Waals surface area contributed by atoms with Crippen LogP contribution in [0.3, 0.4) is 0 Å². The van der Waals surface area contributed by atoms with E-state index in [-0.39, 0.29) is 0 Å². The Morgan fingerprint density at radius 2 is 2.18 bits per heavy atom. The fourth-order valence-corrected chi connectivity index (χ4v) is 3.82. The van der Waals surface area contributed by atoms with Gasteiger partial charge in [0, 0.05) is 50.1 Å². The van der Waals surface area contributed by atoms with Crippen molar-refractivity contribution in [2.24, 2.45) is 0 Å². The van der Waals surface area contributed by atoms with Crippen LogP contribution in [0.1, 0.15) is 49.3 Å². The van der Waals surface area contributed by atoms with Crippen LogP contribution in [0.15, 0.2) is 24.4 Å². The molecule has 0 bridgehead atoms. The minimum Gasteiger partial charge on any atom is -0.492 e. The number of aromatic nitrogens is 2. The molecule has 2 aromatic rings. The first-order valence-corrected chi connectivity index (χ1v) is 10.3. The summed E-state index contributed by atoms with van der Waals surface area (Å²) in [7, 11) is 3.95. The topological polar surface area (TPSA) is 64.6 Å². The van der Waals surface area contributed by atoms with E-state index in [1.807, 2.05) is 44.2 Å². The average molecular weight is 387 g/mol. The first-order valence-electron chi connectivity index (χ1n) is 10.3. The highest BCUT2D eigenvalue weighted by molar-refractivity contribution is 5.40. The van der Waals surface area contributed by atoms with E-state index < -0.39 is 5.60 Å². The molecule has 1 atom stereocenters. The van der Waals surface area contributed by atoms with E-state index in [1.165, 1.54) is 6.42 Å². The third-order valence-electron chi connectivity index (χ3n) is 5.21. The standard InChI is InChI=1S/C22H34N4O2/c1-5-6-7-21-23-13-19(24-21)15-26-10-11-28-20-9-8-18(12-17(20)14-26)22(2,27)16-25(3)4/h8-9,12-13,27H,5-7,10-11,14-16H2,1-4H3,(H,23,24). The van der Waals surface area contributed by atoms with Gasteiger partial charge in [0.2, 0.25) is 0 Å². The number of fused-ring (bicyclic) bond motifs is 1. The molecule has 6 nitrogen and oxygen atoms in total. The summed E-state index contributed by atoms with van der Waals surface area (Å²) in [5, 5.41) is 10.9. The van der Waals surface area contributed by atoms with Gasteiger partial charge >= 0.3 is 0 Å². The fraction of sp³-hybridized carbons (Fsp3) is 0.591. The largest absolute Gasteiger partial charge is 0.492 e. The number of imidazole rings is 1. The molecule has 0 radical (unpaired) electrons. The molecule has 2 N–H and O–H groups in total. The third-order valence-corrected chi connectivity index (χ3v) is 5.21. The molecule has 0 saturated carbocycles. The van der Waals surface area contributed by atoms with Gasteiger partial charge in [-0.25, -0.2) is 4.98 Å². The third kappa shape index (κ3) is 5.34. The first kappa shape index (κ1) is 20.8. The van der Waals surface area contributed by atoms with E-state index in [2.05, 4.69) is 27.9 Å². The number of unbranched alkanes of at least 4 members (excludes halogenated alkanes) is 1. The van der Waals surface area contributed by atoms with E-state index in [4.69, 9.17) is 4.74 Å². The number of hydrogen-bond acceptors (Lipinski definition) is 5. The van der Waals surface area contributed by atoms with E-state index in [0.717, 1.165) is 60.9 Å². The van der Waals surface area contributed by atoms with Gasteiger partial charge in [-0.2, -0.15) is 0 Å². The van der Waals surface area contributed by atoms with Gasteiger partial charge in [0.05, 0.1) is 5.60 Å². The monoisotopic (exact) mass is 386 g/mol. The number of aromatic amines is 1. The average Bonchev–Trinajstić information content (AvgIpc) is 2.96. The van der Waals surface area contributed by atoms with Gasteiger partial charge < -0.3 is 19.7 Å². The molecule has 3 rings (SSSR count). The summed E-state index contributed by atoms with van der Waals surface area (Å²) in [6, 6.07) is 6.07. The van der Waals surface area contributed by atoms with Crippen molar-refractivity contribution >= 4 is 0 Å². The summed E-state index contributed by atoms with van der Waals surface area (Å²) < 4.78 is 5.96. The Kier molecular flexibility index (Phi) is 6.75. The number of ether oxygens (including phenoxy) is 1. The summed E-state index contributed by atoms with van der Waals surface area (Å²) in [5.74, 6) is 1.99. The zero-order chi connectivity index (χ0) is 20.1. The van der Waals surface area contributed by atoms with Crippen molar-refractivity contribution in [3.05, 3.63) is 47.0 Å². The van der Waals surface area contributed by atoms with E-state index in [9.17, 15) is 5.11 Å². The maximum Gasteiger partial charge on any atom is 0.123 e. The highest BCUT2D eigenvalue weighted by Gasteiger charge is 2.26. The van der Waals surface area contributed by atoms with Crippen LogP contribution in [0.25, 0.3) is 0 Å². The maximum absolute atomic E-state index is 10.9. The van der Waals surface area contributed by atoms with Gasteiger partial charge in [-0.15, -0.1) is 0 Å². The minimum atomic E-state index is -0.896. The fourth-order valence-electron chi connectivity index (χ4n) is 3.82. The zero-order valence-corrected chi connectivity index (χ0v) is 17.7. The molecule has 0 fully saturated rings. The van der Waals surface area contributed by atoms with Gasteiger partial charge in [0.15, 0.2) is 0 Å². The number of nitrogens with one attached hydrogen (secondary N) is 1. The van der Waals surface area contributed by atoms with Crippen LogP contribution < -0.4 is 4.74 Å². The minimum absolute atomic E-state index is 0.574. The quantitative estimate of drug-likeness (QED) is 0.730. The number of nitrogens with zero attached hydrogens (tertiary/aromatic N) is 3. The van der Waals surface area contributed by atoms with Crippen molar-refractivity contribution in [1.29, 1.82) is 0 Å². The normalized spacial score (nSPS) is 17.1. The van der Waals surface area contributed by atoms with Gasteiger partial charge in [-0.05, 0) is 45.1 Å². The molecule has 0 saturated heterocycles. The van der Waals surface area contributed by atoms with Crippen LogP contribution in [0.5, 0.6) is 5.75 Å². The molecule has 0 amide bonds. The number of benzene rings is 1. The molecule has 1 aliphatic rings. The Morgan fingerprint density at radius 1 is 1.36 bits per heavy atom. The Balaban J connectivity index is 1.72. The Hall–Kier alpha value is -1.89. The van der Waals surface area contributed by atoms with Crippen molar-refractivity contribution in [2.45, 2.75) is 51.8 Å². The van der Waals surface area contributed by atoms with Crippen LogP contribution in [-0.4, -0.2) is 58.7 Å². The van der Waals surface area contributed by atoms with Crippen molar-refractivity contribution in [3.8, 4) is 5.75 Å². The van der Waals surface area contributed by atoms with E-state index in [1.54, 1.807) is 0 Å². The Bertz CT molecular complexity index is 770. The summed E-state index contributed by atoms with van der Waals surface area (Å²) in [4.78, 5) is 12.3. The van der Waals surface area contributed by atoms with Crippen molar-refractivity contribution in [2.75, 3.05) is 33.8 Å². The van der Waals surface area contributed by atoms with Crippen LogP contribution >= 0.6 is 0 Å². The predicted octanol–water partition coefficient (Wildman–Crippen LogP) is 2.92. The number of aliphatic hydroxyl groups is 1. The lowest BCUT2D eigenvalue weighted by Crippen LogP contribution is -2.34. The van der Waals surface area contributed by atoms with Crippen LogP contribution in [-0.2, 0) is 25.1 Å². The molecule has 154 valence electrons. The van der Waals surface area contributed by atoms with Crippen molar-refractivity contribution in [3.63, 3.8) is 0 Å². The smallest absolute Gasteiger partial charge is 0.123 e. The second-order valence-corrected chi connectivity index (χ2v) is 8.35. The predicted molar refractivity (Wildman–Crippen MR) is 111 cm³/mol. The van der Waals surface area contributed by atoms with Crippen LogP contribution in [0.4, 0.5) is 0 Å². The van der Waals surface area contributed by atoms with Gasteiger partial charge in [-0.3, -0.25) is 4.90 Å². The molecule has 6 heteroatoms. The molecule has 2 heterocycles. The van der Waals surface area contributed by atoms with Crippen LogP contribution in [0, 0.1) is 0 Å². The Labute approximate surface area is 168 Å².